The van der Waals surface area contributed by atoms with Crippen molar-refractivity contribution in [3.63, 3.8) is 0 Å². The van der Waals surface area contributed by atoms with Crippen molar-refractivity contribution in [2.45, 2.75) is 147 Å². The number of H-pyrrole nitrogens is 1. The first-order valence-electron chi connectivity index (χ1n) is 40.4. The zero-order chi connectivity index (χ0) is 85.8. The number of carbonyl (C=O) groups is 3. The van der Waals surface area contributed by atoms with Gasteiger partial charge in [-0.15, -0.1) is 0 Å². The number of fused-ring (bicyclic) bond motifs is 1. The lowest BCUT2D eigenvalue weighted by Gasteiger charge is -2.39. The average molecular weight is 1700 g/mol. The number of carbonyl (C=O) groups excluding carboxylic acids is 3. The number of ether oxygens (including phenoxy) is 3. The minimum absolute atomic E-state index is 0.0786. The number of nitrogens with zero attached hydrogens (tertiary/aromatic N) is 8. The molecule has 1 saturated carbocycles. The predicted octanol–water partition coefficient (Wildman–Crippen LogP) is 16.6. The summed E-state index contributed by atoms with van der Waals surface area (Å²) in [7, 11) is -12.4. The number of aromatic hydroxyl groups is 1. The van der Waals surface area contributed by atoms with Gasteiger partial charge < -0.3 is 34.0 Å². The summed E-state index contributed by atoms with van der Waals surface area (Å²) < 4.78 is 143. The molecule has 4 aliphatic rings. The Morgan fingerprint density at radius 3 is 1.52 bits per heavy atom. The largest absolute Gasteiger partial charge is 0.508 e. The molecule has 2 unspecified atom stereocenters. The fourth-order valence-electron chi connectivity index (χ4n) is 15.0. The van der Waals surface area contributed by atoms with Gasteiger partial charge >= 0.3 is 0 Å². The van der Waals surface area contributed by atoms with Gasteiger partial charge in [0, 0.05) is 85.4 Å². The molecule has 634 valence electrons. The maximum atomic E-state index is 14.6. The number of phenolic OH excluding ortho intramolecular Hbond substituents is 1. The third-order valence-electron chi connectivity index (χ3n) is 21.3. The number of amides is 2. The van der Waals surface area contributed by atoms with Crippen LogP contribution >= 0.6 is 0 Å². The molecule has 4 fully saturated rings. The summed E-state index contributed by atoms with van der Waals surface area (Å²) >= 11 is 0. The van der Waals surface area contributed by atoms with E-state index < -0.39 is 70.7 Å². The Morgan fingerprint density at radius 2 is 1.02 bits per heavy atom. The van der Waals surface area contributed by atoms with Crippen LogP contribution in [0.3, 0.4) is 0 Å². The van der Waals surface area contributed by atoms with Gasteiger partial charge in [-0.3, -0.25) is 19.5 Å². The Kier molecular flexibility index (Phi) is 28.2. The molecule has 8 heterocycles. The summed E-state index contributed by atoms with van der Waals surface area (Å²) in [6, 6.07) is 44.3. The molecule has 5 aromatic heterocycles. The first-order chi connectivity index (χ1) is 57.1. The molecule has 10 aromatic rings. The lowest BCUT2D eigenvalue weighted by atomic mass is 9.82. The molecule has 24 nitrogen and oxygen atoms in total. The molecule has 3 aliphatic heterocycles. The second kappa shape index (κ2) is 38.4. The van der Waals surface area contributed by atoms with Crippen molar-refractivity contribution in [3.05, 3.63) is 221 Å². The number of sulfonamides is 2. The highest BCUT2D eigenvalue weighted by molar-refractivity contribution is 7.92. The van der Waals surface area contributed by atoms with Crippen molar-refractivity contribution in [2.75, 3.05) is 73.0 Å². The minimum Gasteiger partial charge on any atom is -0.508 e. The number of piperidine rings is 3. The second-order valence-corrected chi connectivity index (χ2v) is 38.1. The van der Waals surface area contributed by atoms with Gasteiger partial charge in [0.1, 0.15) is 63.7 Å². The normalized spacial score (nSPS) is 16.2. The number of halogens is 3. The highest BCUT2D eigenvalue weighted by atomic mass is 32.2. The number of aryl methyl sites for hydroxylation is 1. The number of Topliss-reactive ketones (excluding diaryl/α,β-unsaturated/α-hetero) is 1. The van der Waals surface area contributed by atoms with E-state index >= 15 is 0 Å². The van der Waals surface area contributed by atoms with Crippen LogP contribution in [-0.2, 0) is 29.9 Å². The van der Waals surface area contributed by atoms with Crippen LogP contribution in [0.4, 0.5) is 30.6 Å². The first-order valence-corrected chi connectivity index (χ1v) is 45.0. The number of pyridine rings is 4. The van der Waals surface area contributed by atoms with Crippen LogP contribution in [0.15, 0.2) is 191 Å². The van der Waals surface area contributed by atoms with Crippen molar-refractivity contribution in [1.82, 2.24) is 39.6 Å². The topological polar surface area (TPSA) is 316 Å². The van der Waals surface area contributed by atoms with Crippen LogP contribution < -0.4 is 38.4 Å². The van der Waals surface area contributed by atoms with Crippen LogP contribution in [0, 0.1) is 53.5 Å². The zero-order valence-electron chi connectivity index (χ0n) is 68.7. The Bertz CT molecular complexity index is 5670. The lowest BCUT2D eigenvalue weighted by molar-refractivity contribution is 0.0972. The fraction of sp³-hybridized carbons (Fsp3) is 0.378. The number of benzene rings is 5. The van der Waals surface area contributed by atoms with Gasteiger partial charge in [-0.1, -0.05) is 104 Å². The Labute approximate surface area is 699 Å². The van der Waals surface area contributed by atoms with E-state index in [-0.39, 0.29) is 66.6 Å². The number of ketones is 1. The minimum atomic E-state index is -4.26. The number of phenols is 1. The summed E-state index contributed by atoms with van der Waals surface area (Å²) in [5.74, 6) is -0.537. The second-order valence-electron chi connectivity index (χ2n) is 32.8. The molecule has 0 radical (unpaired) electrons. The van der Waals surface area contributed by atoms with Crippen molar-refractivity contribution >= 4 is 64.9 Å². The van der Waals surface area contributed by atoms with Crippen molar-refractivity contribution < 1.29 is 72.1 Å². The van der Waals surface area contributed by atoms with E-state index in [1.54, 1.807) is 61.5 Å². The number of aromatic amines is 1. The Hall–Kier alpha value is -11.2. The predicted molar refractivity (Wildman–Crippen MR) is 455 cm³/mol. The van der Waals surface area contributed by atoms with Gasteiger partial charge in [0.15, 0.2) is 15.8 Å². The molecule has 3 saturated heterocycles. The number of hydrogen-bond acceptors (Lipinski definition) is 21. The molecule has 2 atom stereocenters. The molecule has 2 amide bonds. The lowest BCUT2D eigenvalue weighted by Crippen LogP contribution is -2.44. The van der Waals surface area contributed by atoms with Gasteiger partial charge in [-0.25, -0.2) is 59.4 Å². The Morgan fingerprint density at radius 1 is 0.525 bits per heavy atom. The van der Waals surface area contributed by atoms with E-state index in [1.807, 2.05) is 69.5 Å². The Balaban J connectivity index is 0.000000165. The number of anilines is 3. The molecule has 14 rings (SSSR count). The van der Waals surface area contributed by atoms with Gasteiger partial charge in [0.05, 0.1) is 64.7 Å². The van der Waals surface area contributed by atoms with Crippen LogP contribution in [-0.4, -0.2) is 142 Å². The number of aromatic nitrogens is 6. The van der Waals surface area contributed by atoms with E-state index in [4.69, 9.17) is 29.2 Å². The number of rotatable bonds is 26. The van der Waals surface area contributed by atoms with E-state index in [9.17, 15) is 57.9 Å². The third kappa shape index (κ3) is 22.8. The average Bonchev–Trinajstić information content (AvgIpc) is 1.24. The molecule has 0 spiro atoms. The summed E-state index contributed by atoms with van der Waals surface area (Å²) in [4.78, 5) is 64.7. The van der Waals surface area contributed by atoms with Gasteiger partial charge in [-0.05, 0) is 202 Å². The van der Waals surface area contributed by atoms with E-state index in [1.165, 1.54) is 90.6 Å². The van der Waals surface area contributed by atoms with Gasteiger partial charge in [-0.2, -0.15) is 13.5 Å². The van der Waals surface area contributed by atoms with Crippen molar-refractivity contribution in [1.29, 1.82) is 0 Å². The van der Waals surface area contributed by atoms with Crippen LogP contribution in [0.1, 0.15) is 161 Å². The highest BCUT2D eigenvalue weighted by Gasteiger charge is 2.39. The number of nitrogens with one attached hydrogen (secondary N) is 3. The third-order valence-corrected chi connectivity index (χ3v) is 25.4. The van der Waals surface area contributed by atoms with Gasteiger partial charge in [0.25, 0.3) is 31.9 Å². The van der Waals surface area contributed by atoms with E-state index in [0.717, 1.165) is 70.4 Å². The summed E-state index contributed by atoms with van der Waals surface area (Å²) in [5, 5.41) is 15.4. The van der Waals surface area contributed by atoms with E-state index in [0.29, 0.717) is 132 Å². The smallest absolute Gasteiger partial charge is 0.281 e. The standard InChI is InChI=1S/C31H36FN3O4S.C30H32FN5O4S.C29H34FN3O5S/c1-20(2)18-39-25-16-23(15-24(32)17-25)27-13-12-26(29(36)19-40(37,38)30-11-4-7-21(3)33-30)31(34-27)35-14-6-9-22-8-5-10-28(22)35;1-20(2)19-40-25-17-23(16-24(31)18-25)27-9-8-26(30(37)35-41(38,39)28-10-13-32-34-28)29(33-27)36-14-11-22(12-15-36)21-6-4-3-5-7-21;1-19(2)18-38-23-15-20(14-21(30)16-23)26-9-8-25(27(31-26)33-12-10-29(3,4)11-13-33)28(35)32-39(36,37)24-7-5-6-22(34)17-24/h4,7,11-13,15-17,20,22,28H,5-6,8-10,14,18-19H2,1-3H3;3-10,13,16-18,20,22H,11-12,14-15,19H2,1-2H3,(H,32,34)(H,35,37);5-9,14-17,19,34H,10-13,18H2,1-4H3,(H,32,35). The van der Waals surface area contributed by atoms with Crippen LogP contribution in [0.2, 0.25) is 0 Å². The van der Waals surface area contributed by atoms with Crippen molar-refractivity contribution in [3.8, 4) is 56.8 Å². The zero-order valence-corrected chi connectivity index (χ0v) is 71.2. The maximum Gasteiger partial charge on any atom is 0.281 e. The summed E-state index contributed by atoms with van der Waals surface area (Å²) in [6.07, 6.45) is 10.0. The number of sulfone groups is 1. The molecule has 120 heavy (non-hydrogen) atoms. The van der Waals surface area contributed by atoms with Gasteiger partial charge in [0.2, 0.25) is 9.84 Å². The molecule has 30 heteroatoms. The highest BCUT2D eigenvalue weighted by Crippen LogP contribution is 2.42. The molecular formula is C90H102F3N11O13S3. The number of hydrogen-bond donors (Lipinski definition) is 4. The molecule has 1 aliphatic carbocycles. The summed E-state index contributed by atoms with van der Waals surface area (Å²) in [5.41, 5.74) is 5.26. The van der Waals surface area contributed by atoms with Crippen LogP contribution in [0.5, 0.6) is 23.0 Å². The first kappa shape index (κ1) is 88.1. The fourth-order valence-corrected chi connectivity index (χ4v) is 18.1. The molecule has 4 N–H and O–H groups in total. The molecule has 5 aromatic carbocycles. The maximum absolute atomic E-state index is 14.6. The van der Waals surface area contributed by atoms with Crippen molar-refractivity contribution in [2.24, 2.45) is 29.1 Å². The summed E-state index contributed by atoms with van der Waals surface area (Å²) in [6.45, 7) is 22.6. The quantitative estimate of drug-likeness (QED) is 0.0366. The van der Waals surface area contributed by atoms with E-state index in [2.05, 4.69) is 55.5 Å². The monoisotopic (exact) mass is 1700 g/mol. The molecular weight excluding hydrogens is 1600 g/mol. The van der Waals surface area contributed by atoms with Crippen LogP contribution in [0.25, 0.3) is 33.8 Å². The SMILES string of the molecule is CC(C)COc1cc(F)cc(-c2ccc(C(=O)NS(=O)(=O)c3cccc(O)c3)c(N3CCC(C)(C)CC3)n2)c1.CC(C)COc1cc(F)cc(-c2ccc(C(=O)NS(=O)(=O)c3ccn[nH]3)c(N3CCC(c4ccccc4)CC3)n2)c1.Cc1cccc(S(=O)(=O)CC(=O)c2ccc(-c3cc(F)cc(OCC(C)C)c3)nc2N2CCCC3CCCC32)n1. The molecule has 0 bridgehead atoms.